The van der Waals surface area contributed by atoms with Crippen molar-refractivity contribution in [2.24, 2.45) is 0 Å². The molecule has 0 spiro atoms. The number of carbonyl (C=O) groups excluding carboxylic acids is 1. The van der Waals surface area contributed by atoms with Crippen LogP contribution in [-0.4, -0.2) is 86.2 Å². The molecular formula is C20H31N3O3. The van der Waals surface area contributed by atoms with Crippen molar-refractivity contribution in [2.45, 2.75) is 19.9 Å². The Morgan fingerprint density at radius 1 is 1.04 bits per heavy atom. The predicted octanol–water partition coefficient (Wildman–Crippen LogP) is 1.45. The number of amides is 1. The Morgan fingerprint density at radius 3 is 2.65 bits per heavy atom. The summed E-state index contributed by atoms with van der Waals surface area (Å²) in [6.07, 6.45) is 1.03. The molecule has 2 aliphatic rings. The summed E-state index contributed by atoms with van der Waals surface area (Å²) in [6, 6.07) is 8.32. The standard InChI is InChI=1S/C20H31N3O3/c1-18(24)23-8-4-7-22(9-10-23)17-19-5-2-3-6-20(19)26-16-13-21-11-14-25-15-12-21/h2-3,5-6H,4,7-17H2,1H3. The summed E-state index contributed by atoms with van der Waals surface area (Å²) in [5.74, 6) is 1.16. The van der Waals surface area contributed by atoms with E-state index in [1.807, 2.05) is 11.0 Å². The molecular weight excluding hydrogens is 330 g/mol. The van der Waals surface area contributed by atoms with E-state index in [-0.39, 0.29) is 5.91 Å². The molecule has 2 fully saturated rings. The molecule has 1 aromatic rings. The molecule has 0 bridgehead atoms. The molecule has 144 valence electrons. The van der Waals surface area contributed by atoms with Crippen molar-refractivity contribution in [1.82, 2.24) is 14.7 Å². The van der Waals surface area contributed by atoms with E-state index in [2.05, 4.69) is 28.0 Å². The van der Waals surface area contributed by atoms with Gasteiger partial charge in [0.2, 0.25) is 5.91 Å². The van der Waals surface area contributed by atoms with Crippen LogP contribution < -0.4 is 4.74 Å². The minimum Gasteiger partial charge on any atom is -0.492 e. The highest BCUT2D eigenvalue weighted by atomic mass is 16.5. The molecule has 3 rings (SSSR count). The lowest BCUT2D eigenvalue weighted by atomic mass is 10.2. The second-order valence-corrected chi connectivity index (χ2v) is 7.05. The van der Waals surface area contributed by atoms with Crippen LogP contribution in [0, 0.1) is 0 Å². The zero-order valence-corrected chi connectivity index (χ0v) is 15.9. The predicted molar refractivity (Wildman–Crippen MR) is 101 cm³/mol. The van der Waals surface area contributed by atoms with Crippen molar-refractivity contribution in [3.8, 4) is 5.75 Å². The molecule has 2 heterocycles. The van der Waals surface area contributed by atoms with Crippen LogP contribution in [0.25, 0.3) is 0 Å². The number of morpholine rings is 1. The number of carbonyl (C=O) groups is 1. The minimum atomic E-state index is 0.179. The largest absolute Gasteiger partial charge is 0.492 e. The molecule has 6 heteroatoms. The summed E-state index contributed by atoms with van der Waals surface area (Å²) >= 11 is 0. The number of nitrogens with zero attached hydrogens (tertiary/aromatic N) is 3. The van der Waals surface area contributed by atoms with E-state index >= 15 is 0 Å². The molecule has 0 N–H and O–H groups in total. The maximum absolute atomic E-state index is 11.6. The maximum Gasteiger partial charge on any atom is 0.219 e. The monoisotopic (exact) mass is 361 g/mol. The molecule has 26 heavy (non-hydrogen) atoms. The van der Waals surface area contributed by atoms with Gasteiger partial charge in [0.1, 0.15) is 12.4 Å². The van der Waals surface area contributed by atoms with E-state index in [0.29, 0.717) is 6.61 Å². The first-order valence-corrected chi connectivity index (χ1v) is 9.71. The van der Waals surface area contributed by atoms with E-state index in [0.717, 1.165) is 77.7 Å². The number of rotatable bonds is 6. The van der Waals surface area contributed by atoms with Crippen LogP contribution >= 0.6 is 0 Å². The van der Waals surface area contributed by atoms with Crippen molar-refractivity contribution in [2.75, 3.05) is 65.6 Å². The Morgan fingerprint density at radius 2 is 1.85 bits per heavy atom. The molecule has 0 unspecified atom stereocenters. The number of ether oxygens (including phenoxy) is 2. The summed E-state index contributed by atoms with van der Waals surface area (Å²) in [4.78, 5) is 18.4. The van der Waals surface area contributed by atoms with Gasteiger partial charge < -0.3 is 14.4 Å². The van der Waals surface area contributed by atoms with Crippen LogP contribution in [0.1, 0.15) is 18.9 Å². The fourth-order valence-corrected chi connectivity index (χ4v) is 3.57. The van der Waals surface area contributed by atoms with E-state index in [9.17, 15) is 4.79 Å². The average Bonchev–Trinajstić information content (AvgIpc) is 2.90. The zero-order chi connectivity index (χ0) is 18.2. The molecule has 6 nitrogen and oxygen atoms in total. The molecule has 0 radical (unpaired) electrons. The fourth-order valence-electron chi connectivity index (χ4n) is 3.57. The minimum absolute atomic E-state index is 0.179. The fraction of sp³-hybridized carbons (Fsp3) is 0.650. The van der Waals surface area contributed by atoms with Crippen molar-refractivity contribution >= 4 is 5.91 Å². The van der Waals surface area contributed by atoms with Crippen LogP contribution in [0.15, 0.2) is 24.3 Å². The normalized spacial score (nSPS) is 20.0. The van der Waals surface area contributed by atoms with Gasteiger partial charge in [-0.3, -0.25) is 14.6 Å². The second kappa shape index (κ2) is 9.90. The number of hydrogen-bond donors (Lipinski definition) is 0. The number of para-hydroxylation sites is 1. The quantitative estimate of drug-likeness (QED) is 0.767. The first kappa shape index (κ1) is 19.1. The number of hydrogen-bond acceptors (Lipinski definition) is 5. The van der Waals surface area contributed by atoms with E-state index in [4.69, 9.17) is 9.47 Å². The van der Waals surface area contributed by atoms with Gasteiger partial charge in [0, 0.05) is 64.8 Å². The van der Waals surface area contributed by atoms with Crippen molar-refractivity contribution < 1.29 is 14.3 Å². The van der Waals surface area contributed by atoms with Crippen LogP contribution in [0.3, 0.4) is 0 Å². The molecule has 1 amide bonds. The van der Waals surface area contributed by atoms with Gasteiger partial charge in [0.05, 0.1) is 13.2 Å². The van der Waals surface area contributed by atoms with E-state index in [1.165, 1.54) is 5.56 Å². The molecule has 0 saturated carbocycles. The molecule has 2 aliphatic heterocycles. The van der Waals surface area contributed by atoms with Gasteiger partial charge in [-0.2, -0.15) is 0 Å². The van der Waals surface area contributed by atoms with Gasteiger partial charge in [-0.05, 0) is 12.5 Å². The average molecular weight is 361 g/mol. The van der Waals surface area contributed by atoms with Crippen molar-refractivity contribution in [1.29, 1.82) is 0 Å². The molecule has 1 aromatic carbocycles. The SMILES string of the molecule is CC(=O)N1CCCN(Cc2ccccc2OCCN2CCOCC2)CC1. The van der Waals surface area contributed by atoms with Crippen molar-refractivity contribution in [3.63, 3.8) is 0 Å². The Bertz CT molecular complexity index is 575. The molecule has 0 aromatic heterocycles. The van der Waals surface area contributed by atoms with Gasteiger partial charge in [0.25, 0.3) is 0 Å². The first-order chi connectivity index (χ1) is 12.7. The topological polar surface area (TPSA) is 45.2 Å². The Kier molecular flexibility index (Phi) is 7.29. The van der Waals surface area contributed by atoms with Gasteiger partial charge in [-0.1, -0.05) is 18.2 Å². The molecule has 2 saturated heterocycles. The summed E-state index contributed by atoms with van der Waals surface area (Å²) in [6.45, 7) is 11.4. The summed E-state index contributed by atoms with van der Waals surface area (Å²) in [7, 11) is 0. The van der Waals surface area contributed by atoms with Crippen LogP contribution in [0.4, 0.5) is 0 Å². The third-order valence-corrected chi connectivity index (χ3v) is 5.17. The summed E-state index contributed by atoms with van der Waals surface area (Å²) in [5, 5.41) is 0. The van der Waals surface area contributed by atoms with Crippen LogP contribution in [0.2, 0.25) is 0 Å². The Labute approximate surface area is 156 Å². The first-order valence-electron chi connectivity index (χ1n) is 9.71. The number of benzene rings is 1. The molecule has 0 atom stereocenters. The maximum atomic E-state index is 11.6. The van der Waals surface area contributed by atoms with Gasteiger partial charge in [-0.25, -0.2) is 0 Å². The van der Waals surface area contributed by atoms with E-state index < -0.39 is 0 Å². The highest BCUT2D eigenvalue weighted by Gasteiger charge is 2.18. The summed E-state index contributed by atoms with van der Waals surface area (Å²) < 4.78 is 11.5. The molecule has 0 aliphatic carbocycles. The smallest absolute Gasteiger partial charge is 0.219 e. The van der Waals surface area contributed by atoms with Crippen molar-refractivity contribution in [3.05, 3.63) is 29.8 Å². The lowest BCUT2D eigenvalue weighted by Gasteiger charge is -2.27. The Hall–Kier alpha value is -1.63. The van der Waals surface area contributed by atoms with Gasteiger partial charge >= 0.3 is 0 Å². The zero-order valence-electron chi connectivity index (χ0n) is 15.9. The highest BCUT2D eigenvalue weighted by Crippen LogP contribution is 2.20. The second-order valence-electron chi connectivity index (χ2n) is 7.05. The van der Waals surface area contributed by atoms with E-state index in [1.54, 1.807) is 6.92 Å². The Balaban J connectivity index is 1.50. The third-order valence-electron chi connectivity index (χ3n) is 5.17. The van der Waals surface area contributed by atoms with Gasteiger partial charge in [0.15, 0.2) is 0 Å². The lowest BCUT2D eigenvalue weighted by Crippen LogP contribution is -2.38. The van der Waals surface area contributed by atoms with Crippen LogP contribution in [-0.2, 0) is 16.1 Å². The van der Waals surface area contributed by atoms with Gasteiger partial charge in [-0.15, -0.1) is 0 Å². The lowest BCUT2D eigenvalue weighted by molar-refractivity contribution is -0.128. The highest BCUT2D eigenvalue weighted by molar-refractivity contribution is 5.73. The van der Waals surface area contributed by atoms with Crippen LogP contribution in [0.5, 0.6) is 5.75 Å². The summed E-state index contributed by atoms with van der Waals surface area (Å²) in [5.41, 5.74) is 1.23. The third kappa shape index (κ3) is 5.69.